The lowest BCUT2D eigenvalue weighted by Gasteiger charge is -2.17. The minimum atomic E-state index is -0.677. The summed E-state index contributed by atoms with van der Waals surface area (Å²) in [5.74, 6) is -0.773. The predicted octanol–water partition coefficient (Wildman–Crippen LogP) is 3.00. The first-order valence-corrected chi connectivity index (χ1v) is 7.94. The van der Waals surface area contributed by atoms with Gasteiger partial charge in [-0.3, -0.25) is 9.78 Å². The van der Waals surface area contributed by atoms with Crippen molar-refractivity contribution >= 4 is 5.91 Å². The van der Waals surface area contributed by atoms with Gasteiger partial charge >= 0.3 is 0 Å². The zero-order chi connectivity index (χ0) is 18.5. The fourth-order valence-corrected chi connectivity index (χ4v) is 2.37. The van der Waals surface area contributed by atoms with Crippen LogP contribution in [0.5, 0.6) is 0 Å². The first kappa shape index (κ1) is 17.7. The van der Waals surface area contributed by atoms with Gasteiger partial charge in [0.15, 0.2) is 0 Å². The Morgan fingerprint density at radius 3 is 2.69 bits per heavy atom. The van der Waals surface area contributed by atoms with Gasteiger partial charge < -0.3 is 9.42 Å². The van der Waals surface area contributed by atoms with E-state index in [9.17, 15) is 13.6 Å². The van der Waals surface area contributed by atoms with Crippen molar-refractivity contribution in [3.63, 3.8) is 0 Å². The highest BCUT2D eigenvalue weighted by Crippen LogP contribution is 2.16. The Morgan fingerprint density at radius 1 is 1.19 bits per heavy atom. The van der Waals surface area contributed by atoms with E-state index in [0.717, 1.165) is 17.7 Å². The lowest BCUT2D eigenvalue weighted by molar-refractivity contribution is -0.130. The maximum Gasteiger partial charge on any atom is 0.227 e. The third kappa shape index (κ3) is 4.27. The van der Waals surface area contributed by atoms with Gasteiger partial charge in [-0.15, -0.1) is 0 Å². The smallest absolute Gasteiger partial charge is 0.227 e. The van der Waals surface area contributed by atoms with E-state index < -0.39 is 11.6 Å². The number of pyridine rings is 1. The van der Waals surface area contributed by atoms with Crippen molar-refractivity contribution in [3.05, 3.63) is 65.8 Å². The molecule has 0 N–H and O–H groups in total. The van der Waals surface area contributed by atoms with Crippen LogP contribution in [-0.2, 0) is 17.8 Å². The lowest BCUT2D eigenvalue weighted by atomic mass is 10.2. The van der Waals surface area contributed by atoms with E-state index in [1.54, 1.807) is 31.6 Å². The first-order valence-electron chi connectivity index (χ1n) is 7.94. The number of aryl methyl sites for hydroxylation is 1. The predicted molar refractivity (Wildman–Crippen MR) is 88.7 cm³/mol. The second-order valence-electron chi connectivity index (χ2n) is 5.73. The highest BCUT2D eigenvalue weighted by molar-refractivity contribution is 5.76. The summed E-state index contributed by atoms with van der Waals surface area (Å²) in [6.45, 7) is 0.0526. The van der Waals surface area contributed by atoms with Gasteiger partial charge in [0.25, 0.3) is 0 Å². The summed E-state index contributed by atoms with van der Waals surface area (Å²) in [5.41, 5.74) is 1.02. The molecule has 0 atom stereocenters. The number of rotatable bonds is 6. The quantitative estimate of drug-likeness (QED) is 0.677. The van der Waals surface area contributed by atoms with Crippen LogP contribution < -0.4 is 0 Å². The number of carbonyl (C=O) groups is 1. The lowest BCUT2D eigenvalue weighted by Crippen LogP contribution is -2.26. The molecule has 0 aliphatic carbocycles. The third-order valence-corrected chi connectivity index (χ3v) is 3.81. The molecule has 0 saturated carbocycles. The van der Waals surface area contributed by atoms with Crippen LogP contribution in [0.4, 0.5) is 8.78 Å². The molecule has 0 saturated heterocycles. The molecule has 26 heavy (non-hydrogen) atoms. The summed E-state index contributed by atoms with van der Waals surface area (Å²) in [5, 5.41) is 3.87. The maximum atomic E-state index is 13.7. The molecule has 0 radical (unpaired) electrons. The van der Waals surface area contributed by atoms with Gasteiger partial charge in [0, 0.05) is 56.0 Å². The molecule has 8 heteroatoms. The number of aromatic nitrogens is 3. The highest BCUT2D eigenvalue weighted by Gasteiger charge is 2.15. The molecule has 2 aromatic heterocycles. The van der Waals surface area contributed by atoms with Crippen molar-refractivity contribution < 1.29 is 18.1 Å². The monoisotopic (exact) mass is 358 g/mol. The molecule has 3 rings (SSSR count). The Morgan fingerprint density at radius 2 is 1.96 bits per heavy atom. The molecule has 6 nitrogen and oxygen atoms in total. The molecule has 0 unspecified atom stereocenters. The summed E-state index contributed by atoms with van der Waals surface area (Å²) < 4.78 is 31.7. The van der Waals surface area contributed by atoms with E-state index in [0.29, 0.717) is 11.7 Å². The van der Waals surface area contributed by atoms with Gasteiger partial charge in [-0.05, 0) is 18.2 Å². The standard InChI is InChI=1S/C18H16F2N4O2/c1-24(11-13-2-3-14(19)10-15(13)20)17(25)5-4-16-22-18(23-26-16)12-6-8-21-9-7-12/h2-3,6-10H,4-5,11H2,1H3. The van der Waals surface area contributed by atoms with Crippen LogP contribution in [-0.4, -0.2) is 33.0 Å². The van der Waals surface area contributed by atoms with Crippen molar-refractivity contribution in [3.8, 4) is 11.4 Å². The van der Waals surface area contributed by atoms with Crippen LogP contribution in [0.3, 0.4) is 0 Å². The van der Waals surface area contributed by atoms with Gasteiger partial charge in [-0.1, -0.05) is 11.2 Å². The van der Waals surface area contributed by atoms with Gasteiger partial charge in [0.2, 0.25) is 17.6 Å². The summed E-state index contributed by atoms with van der Waals surface area (Å²) in [4.78, 5) is 21.7. The van der Waals surface area contributed by atoms with Crippen molar-refractivity contribution in [1.82, 2.24) is 20.0 Å². The van der Waals surface area contributed by atoms with E-state index in [4.69, 9.17) is 4.52 Å². The number of nitrogens with zero attached hydrogens (tertiary/aromatic N) is 4. The fourth-order valence-electron chi connectivity index (χ4n) is 2.37. The molecular formula is C18H16F2N4O2. The zero-order valence-electron chi connectivity index (χ0n) is 14.0. The van der Waals surface area contributed by atoms with Gasteiger partial charge in [-0.25, -0.2) is 8.78 Å². The molecule has 0 aliphatic heterocycles. The normalized spacial score (nSPS) is 10.7. The topological polar surface area (TPSA) is 72.1 Å². The van der Waals surface area contributed by atoms with E-state index in [1.807, 2.05) is 0 Å². The zero-order valence-corrected chi connectivity index (χ0v) is 14.0. The van der Waals surface area contributed by atoms with E-state index in [-0.39, 0.29) is 30.9 Å². The van der Waals surface area contributed by atoms with E-state index in [2.05, 4.69) is 15.1 Å². The molecule has 1 aromatic carbocycles. The number of hydrogen-bond donors (Lipinski definition) is 0. The Hall–Kier alpha value is -3.16. The molecule has 0 spiro atoms. The Bertz CT molecular complexity index is 899. The largest absolute Gasteiger partial charge is 0.341 e. The molecule has 1 amide bonds. The summed E-state index contributed by atoms with van der Waals surface area (Å²) >= 11 is 0. The van der Waals surface area contributed by atoms with Crippen LogP contribution in [0.15, 0.2) is 47.2 Å². The Balaban J connectivity index is 1.56. The van der Waals surface area contributed by atoms with Crippen LogP contribution in [0.1, 0.15) is 17.9 Å². The Kier molecular flexibility index (Phi) is 5.31. The summed E-state index contributed by atoms with van der Waals surface area (Å²) in [6, 6.07) is 6.80. The van der Waals surface area contributed by atoms with Crippen LogP contribution in [0.25, 0.3) is 11.4 Å². The fraction of sp³-hybridized carbons (Fsp3) is 0.222. The number of carbonyl (C=O) groups excluding carboxylic acids is 1. The van der Waals surface area contributed by atoms with Gasteiger partial charge in [-0.2, -0.15) is 4.98 Å². The molecular weight excluding hydrogens is 342 g/mol. The van der Waals surface area contributed by atoms with Crippen LogP contribution in [0, 0.1) is 11.6 Å². The third-order valence-electron chi connectivity index (χ3n) is 3.81. The maximum absolute atomic E-state index is 13.7. The molecule has 0 bridgehead atoms. The van der Waals surface area contributed by atoms with Crippen LogP contribution >= 0.6 is 0 Å². The average molecular weight is 358 g/mol. The van der Waals surface area contributed by atoms with Crippen molar-refractivity contribution in [2.45, 2.75) is 19.4 Å². The summed E-state index contributed by atoms with van der Waals surface area (Å²) in [7, 11) is 1.56. The van der Waals surface area contributed by atoms with Crippen molar-refractivity contribution in [2.24, 2.45) is 0 Å². The number of hydrogen-bond acceptors (Lipinski definition) is 5. The van der Waals surface area contributed by atoms with Crippen molar-refractivity contribution in [2.75, 3.05) is 7.05 Å². The molecule has 0 aliphatic rings. The number of halogens is 2. The van der Waals surface area contributed by atoms with Crippen molar-refractivity contribution in [1.29, 1.82) is 0 Å². The van der Waals surface area contributed by atoms with E-state index in [1.165, 1.54) is 11.0 Å². The summed E-state index contributed by atoms with van der Waals surface area (Å²) in [6.07, 6.45) is 3.65. The first-order chi connectivity index (χ1) is 12.5. The van der Waals surface area contributed by atoms with Gasteiger partial charge in [0.1, 0.15) is 11.6 Å². The number of amides is 1. The van der Waals surface area contributed by atoms with Crippen LogP contribution in [0.2, 0.25) is 0 Å². The Labute approximate surface area is 148 Å². The second kappa shape index (κ2) is 7.81. The second-order valence-corrected chi connectivity index (χ2v) is 5.73. The van der Waals surface area contributed by atoms with E-state index >= 15 is 0 Å². The SMILES string of the molecule is CN(Cc1ccc(F)cc1F)C(=O)CCc1nc(-c2ccncc2)no1. The molecule has 0 fully saturated rings. The molecule has 134 valence electrons. The minimum Gasteiger partial charge on any atom is -0.341 e. The minimum absolute atomic E-state index is 0.0526. The molecule has 2 heterocycles. The number of benzene rings is 1. The highest BCUT2D eigenvalue weighted by atomic mass is 19.1. The average Bonchev–Trinajstić information content (AvgIpc) is 3.11. The molecule has 3 aromatic rings. The van der Waals surface area contributed by atoms with Gasteiger partial charge in [0.05, 0.1) is 0 Å².